The molecule has 0 spiro atoms. The van der Waals surface area contributed by atoms with Gasteiger partial charge in [-0.25, -0.2) is 28.7 Å². The van der Waals surface area contributed by atoms with E-state index in [0.29, 0.717) is 53.5 Å². The maximum Gasteiger partial charge on any atom is 0.183 e. The molecular formula is C33H37F2N9O2. The molecule has 11 nitrogen and oxygen atoms in total. The number of halogens is 2. The Kier molecular flexibility index (Phi) is 9.60. The van der Waals surface area contributed by atoms with Gasteiger partial charge in [0.2, 0.25) is 0 Å². The molecule has 240 valence electrons. The number of benzene rings is 2. The Balaban J connectivity index is 1.29. The molecule has 6 rings (SSSR count). The molecule has 0 aliphatic carbocycles. The lowest BCUT2D eigenvalue weighted by Crippen LogP contribution is -2.44. The fourth-order valence-corrected chi connectivity index (χ4v) is 5.41. The largest absolute Gasteiger partial charge is 0.494 e. The molecule has 4 heterocycles. The van der Waals surface area contributed by atoms with Crippen LogP contribution in [0, 0.1) is 18.6 Å². The third-order valence-corrected chi connectivity index (χ3v) is 7.85. The molecule has 0 unspecified atom stereocenters. The molecule has 1 fully saturated rings. The van der Waals surface area contributed by atoms with Crippen molar-refractivity contribution in [2.75, 3.05) is 58.3 Å². The number of nitrogens with zero attached hydrogens (tertiary/aromatic N) is 8. The highest BCUT2D eigenvalue weighted by Gasteiger charge is 2.21. The van der Waals surface area contributed by atoms with Crippen LogP contribution in [0.5, 0.6) is 11.5 Å². The first-order valence-electron chi connectivity index (χ1n) is 15.4. The molecule has 0 amide bonds. The minimum atomic E-state index is -0.707. The molecule has 0 atom stereocenters. The Bertz CT molecular complexity index is 1780. The Labute approximate surface area is 266 Å². The normalized spacial score (nSPS) is 14.1. The van der Waals surface area contributed by atoms with Crippen molar-refractivity contribution in [1.29, 1.82) is 0 Å². The van der Waals surface area contributed by atoms with Crippen molar-refractivity contribution in [3.05, 3.63) is 77.9 Å². The van der Waals surface area contributed by atoms with Crippen LogP contribution in [0.4, 0.5) is 20.4 Å². The molecule has 3 aromatic heterocycles. The van der Waals surface area contributed by atoms with E-state index in [1.165, 1.54) is 12.1 Å². The molecule has 46 heavy (non-hydrogen) atoms. The van der Waals surface area contributed by atoms with Crippen molar-refractivity contribution in [2.24, 2.45) is 0 Å². The average molecular weight is 630 g/mol. The van der Waals surface area contributed by atoms with Crippen LogP contribution in [-0.4, -0.2) is 92.5 Å². The maximum absolute atomic E-state index is 15.0. The summed E-state index contributed by atoms with van der Waals surface area (Å²) in [6.45, 7) is 9.40. The number of piperazine rings is 1. The van der Waals surface area contributed by atoms with Crippen molar-refractivity contribution in [3.8, 4) is 23.0 Å². The van der Waals surface area contributed by atoms with Gasteiger partial charge in [-0.15, -0.1) is 0 Å². The van der Waals surface area contributed by atoms with Crippen LogP contribution in [0.25, 0.3) is 22.4 Å². The number of nitrogens with one attached hydrogen (secondary N) is 1. The van der Waals surface area contributed by atoms with E-state index in [2.05, 4.69) is 37.1 Å². The van der Waals surface area contributed by atoms with Crippen molar-refractivity contribution < 1.29 is 18.3 Å². The predicted octanol–water partition coefficient (Wildman–Crippen LogP) is 5.08. The number of fused-ring (bicyclic) bond motifs is 1. The Morgan fingerprint density at radius 2 is 1.74 bits per heavy atom. The molecule has 0 bridgehead atoms. The molecule has 0 saturated carbocycles. The molecule has 1 aliphatic rings. The van der Waals surface area contributed by atoms with Crippen LogP contribution in [-0.2, 0) is 6.54 Å². The van der Waals surface area contributed by atoms with Gasteiger partial charge in [0.05, 0.1) is 31.5 Å². The minimum Gasteiger partial charge on any atom is -0.494 e. The SMILES string of the molecule is CCOc1cc(F)c(Cn2nc(-c3ncc(OCCCN4CCN(C)CC4)c(Nc4ccnc(C)n4)n3)c3ccccc32)c(F)c1. The number of rotatable bonds is 12. The first kappa shape index (κ1) is 31.2. The Hall–Kier alpha value is -4.75. The fourth-order valence-electron chi connectivity index (χ4n) is 5.41. The van der Waals surface area contributed by atoms with Crippen molar-refractivity contribution >= 4 is 22.5 Å². The summed E-state index contributed by atoms with van der Waals surface area (Å²) < 4.78 is 43.0. The zero-order valence-corrected chi connectivity index (χ0v) is 26.2. The number of likely N-dealkylation sites (N-methyl/N-ethyl adjacent to an activating group) is 1. The Morgan fingerprint density at radius 1 is 0.957 bits per heavy atom. The molecular weight excluding hydrogens is 592 g/mol. The summed E-state index contributed by atoms with van der Waals surface area (Å²) in [5, 5.41) is 8.73. The van der Waals surface area contributed by atoms with Crippen molar-refractivity contribution in [3.63, 3.8) is 0 Å². The summed E-state index contributed by atoms with van der Waals surface area (Å²) in [4.78, 5) is 22.9. The van der Waals surface area contributed by atoms with E-state index in [1.54, 1.807) is 37.0 Å². The second-order valence-electron chi connectivity index (χ2n) is 11.2. The van der Waals surface area contributed by atoms with Crippen LogP contribution < -0.4 is 14.8 Å². The van der Waals surface area contributed by atoms with Gasteiger partial charge in [0.25, 0.3) is 0 Å². The second kappa shape index (κ2) is 14.1. The molecule has 1 saturated heterocycles. The number of para-hydroxylation sites is 1. The highest BCUT2D eigenvalue weighted by Crippen LogP contribution is 2.32. The monoisotopic (exact) mass is 629 g/mol. The predicted molar refractivity (Wildman–Crippen MR) is 171 cm³/mol. The maximum atomic E-state index is 15.0. The van der Waals surface area contributed by atoms with Gasteiger partial charge in [0.15, 0.2) is 17.4 Å². The van der Waals surface area contributed by atoms with Crippen LogP contribution >= 0.6 is 0 Å². The number of ether oxygens (including phenoxy) is 2. The number of anilines is 2. The van der Waals surface area contributed by atoms with Gasteiger partial charge in [-0.1, -0.05) is 18.2 Å². The second-order valence-corrected chi connectivity index (χ2v) is 11.2. The van der Waals surface area contributed by atoms with Gasteiger partial charge < -0.3 is 24.6 Å². The van der Waals surface area contributed by atoms with E-state index in [9.17, 15) is 0 Å². The van der Waals surface area contributed by atoms with Gasteiger partial charge in [0, 0.05) is 62.0 Å². The zero-order chi connectivity index (χ0) is 32.0. The third-order valence-electron chi connectivity index (χ3n) is 7.85. The highest BCUT2D eigenvalue weighted by atomic mass is 19.1. The lowest BCUT2D eigenvalue weighted by molar-refractivity contribution is 0.145. The molecule has 5 aromatic rings. The molecule has 13 heteroatoms. The molecule has 0 radical (unpaired) electrons. The molecule has 1 aliphatic heterocycles. The van der Waals surface area contributed by atoms with Gasteiger partial charge in [-0.3, -0.25) is 4.68 Å². The smallest absolute Gasteiger partial charge is 0.183 e. The third kappa shape index (κ3) is 7.21. The Morgan fingerprint density at radius 3 is 2.50 bits per heavy atom. The number of aromatic nitrogens is 6. The van der Waals surface area contributed by atoms with Crippen LogP contribution in [0.2, 0.25) is 0 Å². The number of hydrogen-bond donors (Lipinski definition) is 1. The van der Waals surface area contributed by atoms with E-state index in [4.69, 9.17) is 19.6 Å². The lowest BCUT2D eigenvalue weighted by atomic mass is 10.1. The van der Waals surface area contributed by atoms with Crippen LogP contribution in [0.3, 0.4) is 0 Å². The summed E-state index contributed by atoms with van der Waals surface area (Å²) in [6, 6.07) is 11.6. The number of aryl methyl sites for hydroxylation is 1. The number of hydrogen-bond acceptors (Lipinski definition) is 10. The summed E-state index contributed by atoms with van der Waals surface area (Å²) >= 11 is 0. The standard InChI is InChI=1S/C33H37F2N9O2/c1-4-45-23-18-26(34)25(27(35)19-23)21-44-28-9-6-5-8-24(28)31(41-44)33-37-20-29(32(40-33)39-30-10-11-36-22(2)38-30)46-17-7-12-43-15-13-42(3)14-16-43/h5-6,8-11,18-20H,4,7,12-17,21H2,1-3H3,(H,36,37,38,39,40). The van der Waals surface area contributed by atoms with E-state index in [1.807, 2.05) is 24.3 Å². The van der Waals surface area contributed by atoms with Gasteiger partial charge in [-0.2, -0.15) is 5.10 Å². The zero-order valence-electron chi connectivity index (χ0n) is 26.2. The lowest BCUT2D eigenvalue weighted by Gasteiger charge is -2.32. The summed E-state index contributed by atoms with van der Waals surface area (Å²) in [5.74, 6) is 1.10. The summed E-state index contributed by atoms with van der Waals surface area (Å²) in [6.07, 6.45) is 4.14. The molecule has 2 aromatic carbocycles. The van der Waals surface area contributed by atoms with Gasteiger partial charge in [-0.05, 0) is 39.4 Å². The van der Waals surface area contributed by atoms with E-state index >= 15 is 8.78 Å². The summed E-state index contributed by atoms with van der Waals surface area (Å²) in [5.41, 5.74) is 1.02. The van der Waals surface area contributed by atoms with E-state index in [-0.39, 0.29) is 17.9 Å². The van der Waals surface area contributed by atoms with E-state index < -0.39 is 11.6 Å². The van der Waals surface area contributed by atoms with Crippen molar-refractivity contribution in [1.82, 2.24) is 39.5 Å². The topological polar surface area (TPSA) is 106 Å². The highest BCUT2D eigenvalue weighted by molar-refractivity contribution is 5.92. The average Bonchev–Trinajstić information content (AvgIpc) is 3.41. The van der Waals surface area contributed by atoms with Crippen LogP contribution in [0.1, 0.15) is 24.7 Å². The minimum absolute atomic E-state index is 0.119. The summed E-state index contributed by atoms with van der Waals surface area (Å²) in [7, 11) is 2.15. The van der Waals surface area contributed by atoms with Gasteiger partial charge >= 0.3 is 0 Å². The van der Waals surface area contributed by atoms with Crippen molar-refractivity contribution in [2.45, 2.75) is 26.8 Å². The first-order valence-corrected chi connectivity index (χ1v) is 15.4. The first-order chi connectivity index (χ1) is 22.4. The quantitative estimate of drug-likeness (QED) is 0.188. The van der Waals surface area contributed by atoms with Crippen LogP contribution in [0.15, 0.2) is 54.9 Å². The fraction of sp³-hybridized carbons (Fsp3) is 0.364. The van der Waals surface area contributed by atoms with E-state index in [0.717, 1.165) is 44.5 Å². The van der Waals surface area contributed by atoms with Gasteiger partial charge in [0.1, 0.15) is 34.7 Å². The molecule has 1 N–H and O–H groups in total.